The first kappa shape index (κ1) is 16.0. The second-order valence-corrected chi connectivity index (χ2v) is 6.55. The molecule has 0 radical (unpaired) electrons. The predicted octanol–water partition coefficient (Wildman–Crippen LogP) is 3.86. The number of methoxy groups -OCH3 is 1. The Kier molecular flexibility index (Phi) is 4.69. The molecule has 3 heteroatoms. The molecule has 2 unspecified atom stereocenters. The van der Waals surface area contributed by atoms with Crippen LogP contribution in [-0.2, 0) is 0 Å². The monoisotopic (exact) mass is 311 g/mol. The van der Waals surface area contributed by atoms with Crippen LogP contribution in [0.5, 0.6) is 5.75 Å². The van der Waals surface area contributed by atoms with Gasteiger partial charge in [-0.05, 0) is 43.0 Å². The largest absolute Gasteiger partial charge is 0.497 e. The number of aliphatic hydroxyl groups excluding tert-OH is 1. The van der Waals surface area contributed by atoms with Crippen molar-refractivity contribution in [3.8, 4) is 5.75 Å². The SMILES string of the molecule is COc1ccc(C(C)NCC2(C(O)c3ccccc3)CC2)cc1. The molecule has 0 heterocycles. The molecule has 2 aromatic carbocycles. The molecular formula is C20H25NO2. The van der Waals surface area contributed by atoms with Crippen molar-refractivity contribution in [2.75, 3.05) is 13.7 Å². The lowest BCUT2D eigenvalue weighted by Gasteiger charge is -2.25. The first-order chi connectivity index (χ1) is 11.1. The molecule has 1 aliphatic carbocycles. The Bertz CT molecular complexity index is 620. The summed E-state index contributed by atoms with van der Waals surface area (Å²) in [5.41, 5.74) is 2.24. The van der Waals surface area contributed by atoms with Crippen molar-refractivity contribution in [2.24, 2.45) is 5.41 Å². The molecule has 2 aromatic rings. The van der Waals surface area contributed by atoms with Gasteiger partial charge in [-0.1, -0.05) is 42.5 Å². The van der Waals surface area contributed by atoms with Gasteiger partial charge in [-0.25, -0.2) is 0 Å². The fourth-order valence-electron chi connectivity index (χ4n) is 3.06. The normalized spacial score (nSPS) is 18.2. The third-order valence-corrected chi connectivity index (χ3v) is 4.96. The van der Waals surface area contributed by atoms with Gasteiger partial charge < -0.3 is 15.2 Å². The summed E-state index contributed by atoms with van der Waals surface area (Å²) in [5, 5.41) is 14.3. The quantitative estimate of drug-likeness (QED) is 0.816. The topological polar surface area (TPSA) is 41.5 Å². The maximum atomic E-state index is 10.7. The predicted molar refractivity (Wildman–Crippen MR) is 92.5 cm³/mol. The van der Waals surface area contributed by atoms with Crippen molar-refractivity contribution in [3.05, 3.63) is 65.7 Å². The maximum Gasteiger partial charge on any atom is 0.118 e. The first-order valence-electron chi connectivity index (χ1n) is 8.25. The summed E-state index contributed by atoms with van der Waals surface area (Å²) in [4.78, 5) is 0. The lowest BCUT2D eigenvalue weighted by Crippen LogP contribution is -2.30. The standard InChI is InChI=1S/C20H25NO2/c1-15(16-8-10-18(23-2)11-9-16)21-14-20(12-13-20)19(22)17-6-4-3-5-7-17/h3-11,15,19,21-22H,12-14H2,1-2H3. The van der Waals surface area contributed by atoms with Crippen LogP contribution >= 0.6 is 0 Å². The molecule has 3 rings (SSSR count). The van der Waals surface area contributed by atoms with Crippen molar-refractivity contribution < 1.29 is 9.84 Å². The highest BCUT2D eigenvalue weighted by Crippen LogP contribution is 2.54. The summed E-state index contributed by atoms with van der Waals surface area (Å²) >= 11 is 0. The molecule has 3 nitrogen and oxygen atoms in total. The van der Waals surface area contributed by atoms with Gasteiger partial charge in [0.1, 0.15) is 5.75 Å². The van der Waals surface area contributed by atoms with Gasteiger partial charge in [-0.2, -0.15) is 0 Å². The maximum absolute atomic E-state index is 10.7. The van der Waals surface area contributed by atoms with Gasteiger partial charge in [0.25, 0.3) is 0 Å². The number of nitrogens with one attached hydrogen (secondary N) is 1. The molecule has 0 aromatic heterocycles. The van der Waals surface area contributed by atoms with E-state index in [1.807, 2.05) is 42.5 Å². The van der Waals surface area contributed by atoms with Gasteiger partial charge in [0.15, 0.2) is 0 Å². The minimum Gasteiger partial charge on any atom is -0.497 e. The average molecular weight is 311 g/mol. The van der Waals surface area contributed by atoms with Gasteiger partial charge >= 0.3 is 0 Å². The third kappa shape index (κ3) is 3.57. The number of hydrogen-bond donors (Lipinski definition) is 2. The molecule has 2 atom stereocenters. The van der Waals surface area contributed by atoms with E-state index in [0.717, 1.165) is 30.7 Å². The summed E-state index contributed by atoms with van der Waals surface area (Å²) in [5.74, 6) is 0.874. The van der Waals surface area contributed by atoms with Crippen LogP contribution in [0.2, 0.25) is 0 Å². The second kappa shape index (κ2) is 6.73. The number of benzene rings is 2. The van der Waals surface area contributed by atoms with E-state index in [4.69, 9.17) is 4.74 Å². The average Bonchev–Trinajstić information content (AvgIpc) is 3.41. The number of ether oxygens (including phenoxy) is 1. The van der Waals surface area contributed by atoms with Crippen LogP contribution < -0.4 is 10.1 Å². The minimum absolute atomic E-state index is 0.0118. The zero-order valence-electron chi connectivity index (χ0n) is 13.8. The van der Waals surface area contributed by atoms with E-state index >= 15 is 0 Å². The summed E-state index contributed by atoms with van der Waals surface area (Å²) in [7, 11) is 1.68. The lowest BCUT2D eigenvalue weighted by atomic mass is 9.92. The molecule has 0 aliphatic heterocycles. The van der Waals surface area contributed by atoms with Crippen molar-refractivity contribution in [1.29, 1.82) is 0 Å². The molecule has 0 saturated heterocycles. The zero-order chi connectivity index (χ0) is 16.3. The van der Waals surface area contributed by atoms with Crippen molar-refractivity contribution in [2.45, 2.75) is 31.9 Å². The molecule has 0 bridgehead atoms. The van der Waals surface area contributed by atoms with Gasteiger partial charge in [0.05, 0.1) is 13.2 Å². The van der Waals surface area contributed by atoms with Gasteiger partial charge in [-0.3, -0.25) is 0 Å². The van der Waals surface area contributed by atoms with Crippen LogP contribution in [0.4, 0.5) is 0 Å². The Hall–Kier alpha value is -1.84. The van der Waals surface area contributed by atoms with E-state index in [0.29, 0.717) is 0 Å². The summed E-state index contributed by atoms with van der Waals surface area (Å²) in [6.45, 7) is 2.99. The fourth-order valence-corrected chi connectivity index (χ4v) is 3.06. The molecule has 1 fully saturated rings. The van der Waals surface area contributed by atoms with Gasteiger partial charge in [0, 0.05) is 18.0 Å². The fraction of sp³-hybridized carbons (Fsp3) is 0.400. The van der Waals surface area contributed by atoms with Crippen molar-refractivity contribution in [1.82, 2.24) is 5.32 Å². The molecule has 23 heavy (non-hydrogen) atoms. The molecule has 122 valence electrons. The Morgan fingerprint density at radius 3 is 2.26 bits per heavy atom. The minimum atomic E-state index is -0.390. The third-order valence-electron chi connectivity index (χ3n) is 4.96. The molecule has 0 amide bonds. The molecule has 1 saturated carbocycles. The second-order valence-electron chi connectivity index (χ2n) is 6.55. The highest BCUT2D eigenvalue weighted by Gasteiger charge is 2.49. The van der Waals surface area contributed by atoms with Crippen molar-refractivity contribution in [3.63, 3.8) is 0 Å². The Labute approximate surface area is 138 Å². The van der Waals surface area contributed by atoms with Crippen LogP contribution in [0.25, 0.3) is 0 Å². The van der Waals surface area contributed by atoms with E-state index in [9.17, 15) is 5.11 Å². The molecule has 0 spiro atoms. The number of hydrogen-bond acceptors (Lipinski definition) is 3. The van der Waals surface area contributed by atoms with E-state index in [2.05, 4.69) is 24.4 Å². The van der Waals surface area contributed by atoms with E-state index in [-0.39, 0.29) is 17.6 Å². The first-order valence-corrected chi connectivity index (χ1v) is 8.25. The van der Waals surface area contributed by atoms with E-state index in [1.165, 1.54) is 5.56 Å². The van der Waals surface area contributed by atoms with Crippen LogP contribution in [0.15, 0.2) is 54.6 Å². The Morgan fingerprint density at radius 1 is 1.04 bits per heavy atom. The number of aliphatic hydroxyl groups is 1. The van der Waals surface area contributed by atoms with Crippen LogP contribution in [0.1, 0.15) is 43.0 Å². The van der Waals surface area contributed by atoms with Crippen LogP contribution in [0.3, 0.4) is 0 Å². The molecular weight excluding hydrogens is 286 g/mol. The summed E-state index contributed by atoms with van der Waals surface area (Å²) in [6.07, 6.45) is 1.76. The molecule has 1 aliphatic rings. The Balaban J connectivity index is 1.60. The van der Waals surface area contributed by atoms with Crippen LogP contribution in [-0.4, -0.2) is 18.8 Å². The summed E-state index contributed by atoms with van der Waals surface area (Å²) in [6, 6.07) is 18.4. The molecule has 2 N–H and O–H groups in total. The smallest absolute Gasteiger partial charge is 0.118 e. The number of rotatable bonds is 7. The van der Waals surface area contributed by atoms with Crippen molar-refractivity contribution >= 4 is 0 Å². The van der Waals surface area contributed by atoms with Gasteiger partial charge in [0.2, 0.25) is 0 Å². The summed E-state index contributed by atoms with van der Waals surface area (Å²) < 4.78 is 5.20. The zero-order valence-corrected chi connectivity index (χ0v) is 13.8. The highest BCUT2D eigenvalue weighted by molar-refractivity contribution is 5.29. The van der Waals surface area contributed by atoms with E-state index in [1.54, 1.807) is 7.11 Å². The lowest BCUT2D eigenvalue weighted by molar-refractivity contribution is 0.0903. The van der Waals surface area contributed by atoms with Gasteiger partial charge in [-0.15, -0.1) is 0 Å². The highest BCUT2D eigenvalue weighted by atomic mass is 16.5. The van der Waals surface area contributed by atoms with E-state index < -0.39 is 0 Å². The Morgan fingerprint density at radius 2 is 1.70 bits per heavy atom. The van der Waals surface area contributed by atoms with Crippen LogP contribution in [0, 0.1) is 5.41 Å².